The number of likely N-dealkylation sites (N-methyl/N-ethyl adjacent to an activating group) is 1. The van der Waals surface area contributed by atoms with Crippen LogP contribution in [0, 0.1) is 0 Å². The fourth-order valence-electron chi connectivity index (χ4n) is 3.14. The van der Waals surface area contributed by atoms with Gasteiger partial charge in [-0.3, -0.25) is 0 Å². The third-order valence-corrected chi connectivity index (χ3v) is 4.46. The number of rotatable bonds is 6. The molecule has 0 aromatic heterocycles. The van der Waals surface area contributed by atoms with Crippen molar-refractivity contribution in [1.29, 1.82) is 0 Å². The summed E-state index contributed by atoms with van der Waals surface area (Å²) in [5.41, 5.74) is 0.820. The summed E-state index contributed by atoms with van der Waals surface area (Å²) in [5, 5.41) is 10.5. The predicted octanol–water partition coefficient (Wildman–Crippen LogP) is 3.00. The van der Waals surface area contributed by atoms with E-state index in [0.29, 0.717) is 18.3 Å². The Balaban J connectivity index is 2.03. The first-order valence-electron chi connectivity index (χ1n) is 7.76. The fourth-order valence-corrected chi connectivity index (χ4v) is 3.14. The number of hydrogen-bond acceptors (Lipinski definition) is 4. The van der Waals surface area contributed by atoms with Crippen molar-refractivity contribution in [2.75, 3.05) is 27.8 Å². The fraction of sp³-hybridized carbons (Fsp3) is 0.647. The van der Waals surface area contributed by atoms with Crippen LogP contribution in [0.5, 0.6) is 11.5 Å². The monoisotopic (exact) mass is 293 g/mol. The summed E-state index contributed by atoms with van der Waals surface area (Å²) in [7, 11) is 5.35. The molecule has 1 aromatic carbocycles. The van der Waals surface area contributed by atoms with Gasteiger partial charge in [-0.05, 0) is 32.0 Å². The van der Waals surface area contributed by atoms with E-state index >= 15 is 0 Å². The zero-order valence-electron chi connectivity index (χ0n) is 13.3. The second kappa shape index (κ2) is 7.66. The van der Waals surface area contributed by atoms with Crippen molar-refractivity contribution in [2.45, 2.75) is 44.2 Å². The van der Waals surface area contributed by atoms with Crippen LogP contribution in [0.25, 0.3) is 0 Å². The molecule has 1 fully saturated rings. The second-order valence-corrected chi connectivity index (χ2v) is 5.86. The topological polar surface area (TPSA) is 41.9 Å². The number of nitrogens with zero attached hydrogens (tertiary/aromatic N) is 1. The van der Waals surface area contributed by atoms with Gasteiger partial charge in [0.25, 0.3) is 0 Å². The van der Waals surface area contributed by atoms with Crippen LogP contribution < -0.4 is 9.47 Å². The van der Waals surface area contributed by atoms with Crippen molar-refractivity contribution in [3.05, 3.63) is 23.8 Å². The molecule has 1 aliphatic rings. The molecular weight excluding hydrogens is 266 g/mol. The molecule has 1 atom stereocenters. The van der Waals surface area contributed by atoms with Crippen LogP contribution in [-0.2, 0) is 0 Å². The highest BCUT2D eigenvalue weighted by molar-refractivity contribution is 5.42. The van der Waals surface area contributed by atoms with Gasteiger partial charge in [-0.15, -0.1) is 0 Å². The van der Waals surface area contributed by atoms with Crippen LogP contribution in [0.4, 0.5) is 0 Å². The van der Waals surface area contributed by atoms with Gasteiger partial charge in [-0.2, -0.15) is 0 Å². The highest BCUT2D eigenvalue weighted by Gasteiger charge is 2.22. The summed E-state index contributed by atoms with van der Waals surface area (Å²) in [6.45, 7) is 0.632. The molecule has 2 rings (SSSR count). The van der Waals surface area contributed by atoms with Gasteiger partial charge in [0.15, 0.2) is 0 Å². The summed E-state index contributed by atoms with van der Waals surface area (Å²) in [6.07, 6.45) is 5.89. The molecule has 0 bridgehead atoms. The van der Waals surface area contributed by atoms with Crippen molar-refractivity contribution < 1.29 is 14.6 Å². The molecule has 21 heavy (non-hydrogen) atoms. The summed E-state index contributed by atoms with van der Waals surface area (Å²) in [6, 6.07) is 6.16. The minimum absolute atomic E-state index is 0.544. The molecule has 0 aliphatic heterocycles. The van der Waals surface area contributed by atoms with E-state index in [1.807, 2.05) is 18.2 Å². The molecule has 1 aliphatic carbocycles. The standard InChI is InChI=1S/C17H27NO3/c1-18(13-7-5-4-6-8-13)12-16(19)15-10-9-14(20-2)11-17(15)21-3/h9-11,13,16,19H,4-8,12H2,1-3H3. The molecule has 4 heteroatoms. The van der Waals surface area contributed by atoms with Gasteiger partial charge < -0.3 is 19.5 Å². The third kappa shape index (κ3) is 4.11. The maximum atomic E-state index is 10.5. The molecular formula is C17H27NO3. The van der Waals surface area contributed by atoms with Gasteiger partial charge in [-0.25, -0.2) is 0 Å². The minimum Gasteiger partial charge on any atom is -0.497 e. The van der Waals surface area contributed by atoms with E-state index in [4.69, 9.17) is 9.47 Å². The van der Waals surface area contributed by atoms with Crippen LogP contribution in [0.3, 0.4) is 0 Å². The van der Waals surface area contributed by atoms with Crippen LogP contribution in [0.2, 0.25) is 0 Å². The van der Waals surface area contributed by atoms with Crippen LogP contribution >= 0.6 is 0 Å². The Morgan fingerprint density at radius 2 is 1.90 bits per heavy atom. The first kappa shape index (κ1) is 16.1. The molecule has 4 nitrogen and oxygen atoms in total. The van der Waals surface area contributed by atoms with Crippen molar-refractivity contribution in [1.82, 2.24) is 4.90 Å². The van der Waals surface area contributed by atoms with Gasteiger partial charge in [-0.1, -0.05) is 19.3 Å². The Morgan fingerprint density at radius 3 is 2.52 bits per heavy atom. The Bertz CT molecular complexity index is 444. The molecule has 1 unspecified atom stereocenters. The molecule has 0 spiro atoms. The zero-order chi connectivity index (χ0) is 15.2. The van der Waals surface area contributed by atoms with E-state index in [-0.39, 0.29) is 0 Å². The molecule has 1 N–H and O–H groups in total. The summed E-state index contributed by atoms with van der Waals surface area (Å²) >= 11 is 0. The Kier molecular flexibility index (Phi) is 5.88. The van der Waals surface area contributed by atoms with E-state index in [9.17, 15) is 5.11 Å². The molecule has 1 aromatic rings. The average molecular weight is 293 g/mol. The lowest BCUT2D eigenvalue weighted by Gasteiger charge is -2.32. The quantitative estimate of drug-likeness (QED) is 0.875. The van der Waals surface area contributed by atoms with Crippen molar-refractivity contribution in [3.8, 4) is 11.5 Å². The Morgan fingerprint density at radius 1 is 1.19 bits per heavy atom. The van der Waals surface area contributed by atoms with Gasteiger partial charge in [0.2, 0.25) is 0 Å². The van der Waals surface area contributed by atoms with E-state index in [0.717, 1.165) is 11.3 Å². The van der Waals surface area contributed by atoms with Crippen LogP contribution in [0.15, 0.2) is 18.2 Å². The number of aliphatic hydroxyl groups excluding tert-OH is 1. The van der Waals surface area contributed by atoms with E-state index in [1.54, 1.807) is 14.2 Å². The Labute approximate surface area is 127 Å². The second-order valence-electron chi connectivity index (χ2n) is 5.86. The van der Waals surface area contributed by atoms with Gasteiger partial charge in [0, 0.05) is 24.2 Å². The number of benzene rings is 1. The lowest BCUT2D eigenvalue weighted by Crippen LogP contribution is -2.36. The molecule has 0 saturated heterocycles. The van der Waals surface area contributed by atoms with E-state index in [1.165, 1.54) is 32.1 Å². The molecule has 0 amide bonds. The number of hydrogen-bond donors (Lipinski definition) is 1. The summed E-state index contributed by atoms with van der Waals surface area (Å²) in [5.74, 6) is 1.42. The lowest BCUT2D eigenvalue weighted by atomic mass is 9.94. The third-order valence-electron chi connectivity index (χ3n) is 4.46. The zero-order valence-corrected chi connectivity index (χ0v) is 13.3. The van der Waals surface area contributed by atoms with E-state index < -0.39 is 6.10 Å². The smallest absolute Gasteiger partial charge is 0.128 e. The number of methoxy groups -OCH3 is 2. The maximum Gasteiger partial charge on any atom is 0.128 e. The van der Waals surface area contributed by atoms with Crippen molar-refractivity contribution in [3.63, 3.8) is 0 Å². The maximum absolute atomic E-state index is 10.5. The van der Waals surface area contributed by atoms with Gasteiger partial charge in [0.1, 0.15) is 11.5 Å². The number of ether oxygens (including phenoxy) is 2. The van der Waals surface area contributed by atoms with Crippen LogP contribution in [0.1, 0.15) is 43.8 Å². The van der Waals surface area contributed by atoms with Gasteiger partial charge >= 0.3 is 0 Å². The molecule has 0 radical (unpaired) electrons. The predicted molar refractivity (Wildman–Crippen MR) is 84.0 cm³/mol. The largest absolute Gasteiger partial charge is 0.497 e. The lowest BCUT2D eigenvalue weighted by molar-refractivity contribution is 0.0896. The summed E-state index contributed by atoms with van der Waals surface area (Å²) in [4.78, 5) is 2.29. The molecule has 118 valence electrons. The normalized spacial score (nSPS) is 17.8. The van der Waals surface area contributed by atoms with E-state index in [2.05, 4.69) is 11.9 Å². The number of aliphatic hydroxyl groups is 1. The highest BCUT2D eigenvalue weighted by Crippen LogP contribution is 2.31. The average Bonchev–Trinajstić information content (AvgIpc) is 2.54. The Hall–Kier alpha value is -1.26. The summed E-state index contributed by atoms with van der Waals surface area (Å²) < 4.78 is 10.6. The van der Waals surface area contributed by atoms with Crippen molar-refractivity contribution in [2.24, 2.45) is 0 Å². The highest BCUT2D eigenvalue weighted by atomic mass is 16.5. The minimum atomic E-state index is -0.544. The van der Waals surface area contributed by atoms with Crippen LogP contribution in [-0.4, -0.2) is 43.9 Å². The SMILES string of the molecule is COc1ccc(C(O)CN(C)C2CCCCC2)c(OC)c1. The molecule has 1 saturated carbocycles. The first-order chi connectivity index (χ1) is 10.2. The first-order valence-corrected chi connectivity index (χ1v) is 7.76. The molecule has 0 heterocycles. The van der Waals surface area contributed by atoms with Crippen molar-refractivity contribution >= 4 is 0 Å². The van der Waals surface area contributed by atoms with Gasteiger partial charge in [0.05, 0.1) is 20.3 Å².